The summed E-state index contributed by atoms with van der Waals surface area (Å²) < 4.78 is 11.0. The largest absolute Gasteiger partial charge is 0.458 e. The van der Waals surface area contributed by atoms with Gasteiger partial charge in [0.1, 0.15) is 17.1 Å². The van der Waals surface area contributed by atoms with Crippen LogP contribution in [-0.4, -0.2) is 12.2 Å². The van der Waals surface area contributed by atoms with Crippen LogP contribution in [0.15, 0.2) is 57.5 Å². The molecule has 1 heterocycles. The molecule has 2 aromatic rings. The van der Waals surface area contributed by atoms with Crippen molar-refractivity contribution in [3.8, 4) is 5.75 Å². The predicted octanol–water partition coefficient (Wildman–Crippen LogP) is 4.21. The third-order valence-electron chi connectivity index (χ3n) is 3.43. The number of benzene rings is 1. The van der Waals surface area contributed by atoms with Crippen LogP contribution in [0.5, 0.6) is 5.75 Å². The second-order valence-corrected chi connectivity index (χ2v) is 5.00. The zero-order chi connectivity index (χ0) is 17.4. The minimum atomic E-state index is -0.327. The lowest BCUT2D eigenvalue weighted by Crippen LogP contribution is -2.01. The average Bonchev–Trinajstić information content (AvgIpc) is 2.55. The predicted molar refractivity (Wildman–Crippen MR) is 93.8 cm³/mol. The molecule has 0 radical (unpaired) electrons. The van der Waals surface area contributed by atoms with Crippen LogP contribution in [0, 0.1) is 0 Å². The monoisotopic (exact) mass is 316 g/mol. The number of aryl methyl sites for hydroxylation is 1. The maximum Gasteiger partial charge on any atom is 0.336 e. The lowest BCUT2D eigenvalue weighted by atomic mass is 10.1. The highest BCUT2D eigenvalue weighted by Gasteiger charge is 2.08. The van der Waals surface area contributed by atoms with Gasteiger partial charge in [0, 0.05) is 24.6 Å². The summed E-state index contributed by atoms with van der Waals surface area (Å²) in [5.74, 6) is 1.20. The number of rotatable bonds is 5. The Labute approximate surface area is 136 Å². The van der Waals surface area contributed by atoms with Crippen LogP contribution >= 0.6 is 0 Å². The molecule has 0 aliphatic heterocycles. The molecule has 1 N–H and O–H groups in total. The second-order valence-electron chi connectivity index (χ2n) is 5.00. The van der Waals surface area contributed by atoms with Crippen LogP contribution in [0.2, 0.25) is 0 Å². The highest BCUT2D eigenvalue weighted by molar-refractivity contribution is 5.81. The number of aliphatic hydroxyl groups is 1. The lowest BCUT2D eigenvalue weighted by Gasteiger charge is -2.10. The molecular formula is C19H24O4. The van der Waals surface area contributed by atoms with Gasteiger partial charge in [0.05, 0.1) is 0 Å². The molecular weight excluding hydrogens is 292 g/mol. The van der Waals surface area contributed by atoms with E-state index in [4.69, 9.17) is 14.3 Å². The van der Waals surface area contributed by atoms with Gasteiger partial charge in [0.2, 0.25) is 0 Å². The molecule has 0 saturated heterocycles. The SMILES string of the molecule is C=C(Oc1ccc2c(CCC)cc(=O)oc2c1)/C(C)=C/C.CO. The van der Waals surface area contributed by atoms with Gasteiger partial charge in [-0.15, -0.1) is 0 Å². The van der Waals surface area contributed by atoms with Gasteiger partial charge in [0.15, 0.2) is 0 Å². The summed E-state index contributed by atoms with van der Waals surface area (Å²) in [5, 5.41) is 7.96. The van der Waals surface area contributed by atoms with Crippen molar-refractivity contribution in [1.82, 2.24) is 0 Å². The van der Waals surface area contributed by atoms with Crippen molar-refractivity contribution in [2.24, 2.45) is 0 Å². The average molecular weight is 316 g/mol. The zero-order valence-electron chi connectivity index (χ0n) is 14.2. The lowest BCUT2D eigenvalue weighted by molar-refractivity contribution is 0.399. The van der Waals surface area contributed by atoms with Crippen LogP contribution in [0.1, 0.15) is 32.8 Å². The minimum absolute atomic E-state index is 0.327. The van der Waals surface area contributed by atoms with Crippen LogP contribution in [-0.2, 0) is 6.42 Å². The third kappa shape index (κ3) is 4.83. The Morgan fingerprint density at radius 3 is 2.65 bits per heavy atom. The van der Waals surface area contributed by atoms with E-state index in [9.17, 15) is 4.79 Å². The van der Waals surface area contributed by atoms with E-state index in [2.05, 4.69) is 13.5 Å². The van der Waals surface area contributed by atoms with E-state index in [1.165, 1.54) is 0 Å². The Kier molecular flexibility index (Phi) is 7.29. The van der Waals surface area contributed by atoms with Crippen LogP contribution in [0.4, 0.5) is 0 Å². The molecule has 0 unspecified atom stereocenters. The highest BCUT2D eigenvalue weighted by Crippen LogP contribution is 2.25. The number of hydrogen-bond donors (Lipinski definition) is 1. The van der Waals surface area contributed by atoms with Gasteiger partial charge in [0.25, 0.3) is 0 Å². The van der Waals surface area contributed by atoms with Crippen LogP contribution in [0.25, 0.3) is 11.0 Å². The zero-order valence-corrected chi connectivity index (χ0v) is 14.2. The number of aliphatic hydroxyl groups excluding tert-OH is 1. The van der Waals surface area contributed by atoms with Gasteiger partial charge in [-0.25, -0.2) is 4.79 Å². The van der Waals surface area contributed by atoms with Crippen molar-refractivity contribution in [2.75, 3.05) is 7.11 Å². The van der Waals surface area contributed by atoms with Crippen molar-refractivity contribution >= 4 is 11.0 Å². The van der Waals surface area contributed by atoms with E-state index in [1.54, 1.807) is 12.1 Å². The molecule has 0 atom stereocenters. The molecule has 0 aliphatic carbocycles. The van der Waals surface area contributed by atoms with E-state index < -0.39 is 0 Å². The van der Waals surface area contributed by atoms with Gasteiger partial charge < -0.3 is 14.3 Å². The Balaban J connectivity index is 0.00000127. The topological polar surface area (TPSA) is 59.7 Å². The molecule has 124 valence electrons. The van der Waals surface area contributed by atoms with E-state index in [0.29, 0.717) is 17.1 Å². The number of hydrogen-bond acceptors (Lipinski definition) is 4. The summed E-state index contributed by atoms with van der Waals surface area (Å²) >= 11 is 0. The first-order chi connectivity index (χ1) is 11.0. The number of fused-ring (bicyclic) bond motifs is 1. The fraction of sp³-hybridized carbons (Fsp3) is 0.316. The Bertz CT molecular complexity index is 754. The summed E-state index contributed by atoms with van der Waals surface area (Å²) in [7, 11) is 1.00. The summed E-state index contributed by atoms with van der Waals surface area (Å²) in [5.41, 5.74) is 2.20. The van der Waals surface area contributed by atoms with Gasteiger partial charge in [-0.2, -0.15) is 0 Å². The standard InChI is InChI=1S/C18H20O3.CH4O/c1-5-7-14-10-18(19)21-17-11-15(8-9-16(14)17)20-13(4)12(3)6-2;1-2/h6,8-11H,4-5,7H2,1-3H3;2H,1H3/b12-6+;. The molecule has 0 aliphatic rings. The number of ether oxygens (including phenoxy) is 1. The van der Waals surface area contributed by atoms with Crippen molar-refractivity contribution in [3.63, 3.8) is 0 Å². The summed E-state index contributed by atoms with van der Waals surface area (Å²) in [6.45, 7) is 9.83. The fourth-order valence-corrected chi connectivity index (χ4v) is 2.13. The molecule has 4 nitrogen and oxygen atoms in total. The quantitative estimate of drug-likeness (QED) is 0.510. The fourth-order valence-electron chi connectivity index (χ4n) is 2.13. The Morgan fingerprint density at radius 1 is 1.35 bits per heavy atom. The van der Waals surface area contributed by atoms with E-state index >= 15 is 0 Å². The van der Waals surface area contributed by atoms with Gasteiger partial charge in [-0.05, 0) is 43.5 Å². The first kappa shape index (κ1) is 18.7. The Morgan fingerprint density at radius 2 is 2.04 bits per heavy atom. The van der Waals surface area contributed by atoms with Crippen molar-refractivity contribution in [1.29, 1.82) is 0 Å². The van der Waals surface area contributed by atoms with Gasteiger partial charge in [-0.1, -0.05) is 26.0 Å². The smallest absolute Gasteiger partial charge is 0.336 e. The normalized spacial score (nSPS) is 10.9. The van der Waals surface area contributed by atoms with Crippen molar-refractivity contribution in [3.05, 3.63) is 64.2 Å². The van der Waals surface area contributed by atoms with Crippen LogP contribution < -0.4 is 10.4 Å². The van der Waals surface area contributed by atoms with E-state index in [-0.39, 0.29) is 5.63 Å². The minimum Gasteiger partial charge on any atom is -0.458 e. The second kappa shape index (κ2) is 8.96. The maximum atomic E-state index is 11.6. The molecule has 2 rings (SSSR count). The maximum absolute atomic E-state index is 11.6. The molecule has 1 aromatic carbocycles. The van der Waals surface area contributed by atoms with Gasteiger partial charge in [-0.3, -0.25) is 0 Å². The molecule has 0 bridgehead atoms. The summed E-state index contributed by atoms with van der Waals surface area (Å²) in [6.07, 6.45) is 3.77. The molecule has 0 saturated carbocycles. The van der Waals surface area contributed by atoms with Crippen molar-refractivity contribution in [2.45, 2.75) is 33.6 Å². The molecule has 0 fully saturated rings. The van der Waals surface area contributed by atoms with Crippen molar-refractivity contribution < 1.29 is 14.3 Å². The molecule has 23 heavy (non-hydrogen) atoms. The van der Waals surface area contributed by atoms with E-state index in [0.717, 1.165) is 36.5 Å². The van der Waals surface area contributed by atoms with Gasteiger partial charge >= 0.3 is 5.63 Å². The van der Waals surface area contributed by atoms with E-state index in [1.807, 2.05) is 32.1 Å². The molecule has 0 spiro atoms. The third-order valence-corrected chi connectivity index (χ3v) is 3.43. The molecule has 1 aromatic heterocycles. The first-order valence-corrected chi connectivity index (χ1v) is 7.56. The van der Waals surface area contributed by atoms with Crippen LogP contribution in [0.3, 0.4) is 0 Å². The summed E-state index contributed by atoms with van der Waals surface area (Å²) in [4.78, 5) is 11.6. The Hall–Kier alpha value is -2.33. The highest BCUT2D eigenvalue weighted by atomic mass is 16.5. The molecule has 4 heteroatoms. The number of allylic oxidation sites excluding steroid dienone is 2. The first-order valence-electron chi connectivity index (χ1n) is 7.56. The summed E-state index contributed by atoms with van der Waals surface area (Å²) in [6, 6.07) is 7.10. The molecule has 0 amide bonds.